The van der Waals surface area contributed by atoms with Crippen LogP contribution in [0.25, 0.3) is 0 Å². The van der Waals surface area contributed by atoms with E-state index in [1.54, 1.807) is 13.2 Å². The number of ether oxygens (including phenoxy) is 3. The number of anilines is 1. The van der Waals surface area contributed by atoms with Crippen molar-refractivity contribution in [3.63, 3.8) is 0 Å². The van der Waals surface area contributed by atoms with Crippen molar-refractivity contribution in [2.45, 2.75) is 6.61 Å². The van der Waals surface area contributed by atoms with Crippen LogP contribution in [0.15, 0.2) is 42.6 Å². The van der Waals surface area contributed by atoms with Crippen LogP contribution in [0.3, 0.4) is 0 Å². The summed E-state index contributed by atoms with van der Waals surface area (Å²) in [7, 11) is 1.55. The quantitative estimate of drug-likeness (QED) is 0.750. The lowest BCUT2D eigenvalue weighted by atomic mass is 10.2. The zero-order valence-corrected chi connectivity index (χ0v) is 12.9. The van der Waals surface area contributed by atoms with E-state index in [0.717, 1.165) is 0 Å². The number of rotatable bonds is 8. The summed E-state index contributed by atoms with van der Waals surface area (Å²) >= 11 is 0. The summed E-state index contributed by atoms with van der Waals surface area (Å²) in [5, 5.41) is 2.59. The van der Waals surface area contributed by atoms with Gasteiger partial charge in [0.15, 0.2) is 0 Å². The van der Waals surface area contributed by atoms with E-state index >= 15 is 0 Å². The van der Waals surface area contributed by atoms with Crippen molar-refractivity contribution in [1.82, 2.24) is 4.98 Å². The van der Waals surface area contributed by atoms with Gasteiger partial charge in [-0.1, -0.05) is 6.07 Å². The normalized spacial score (nSPS) is 10.5. The van der Waals surface area contributed by atoms with E-state index in [0.29, 0.717) is 24.5 Å². The van der Waals surface area contributed by atoms with Crippen LogP contribution in [-0.4, -0.2) is 37.8 Å². The van der Waals surface area contributed by atoms with Crippen molar-refractivity contribution in [2.24, 2.45) is 0 Å². The fourth-order valence-electron chi connectivity index (χ4n) is 1.81. The summed E-state index contributed by atoms with van der Waals surface area (Å²) in [5.41, 5.74) is 0.648. The highest BCUT2D eigenvalue weighted by atomic mass is 19.3. The first-order valence-corrected chi connectivity index (χ1v) is 7.02. The minimum absolute atomic E-state index is 0.0406. The Morgan fingerprint density at radius 2 is 2.08 bits per heavy atom. The summed E-state index contributed by atoms with van der Waals surface area (Å²) in [5.74, 6) is -0.182. The maximum absolute atomic E-state index is 12.2. The molecule has 0 saturated carbocycles. The number of nitrogens with one attached hydrogen (secondary N) is 1. The summed E-state index contributed by atoms with van der Waals surface area (Å²) in [6, 6.07) is 8.73. The average Bonchev–Trinajstić information content (AvgIpc) is 2.55. The predicted molar refractivity (Wildman–Crippen MR) is 82.6 cm³/mol. The Morgan fingerprint density at radius 1 is 1.25 bits per heavy atom. The first-order chi connectivity index (χ1) is 11.6. The minimum Gasteiger partial charge on any atom is -0.475 e. The standard InChI is InChI=1S/C16H16F2N2O4/c1-22-7-8-23-14-9-11(5-6-19-14)15(21)20-12-3-2-4-13(10-12)24-16(17)18/h2-6,9-10,16H,7-8H2,1H3,(H,20,21). The van der Waals surface area contributed by atoms with Gasteiger partial charge < -0.3 is 19.5 Å². The number of carbonyl (C=O) groups is 1. The monoisotopic (exact) mass is 338 g/mol. The van der Waals surface area contributed by atoms with Crippen molar-refractivity contribution in [2.75, 3.05) is 25.6 Å². The zero-order chi connectivity index (χ0) is 17.4. The molecule has 0 atom stereocenters. The van der Waals surface area contributed by atoms with Gasteiger partial charge in [-0.05, 0) is 18.2 Å². The third kappa shape index (κ3) is 5.47. The molecule has 1 amide bonds. The molecule has 1 heterocycles. The lowest BCUT2D eigenvalue weighted by molar-refractivity contribution is -0.0497. The molecule has 0 aliphatic carbocycles. The third-order valence-corrected chi connectivity index (χ3v) is 2.85. The second-order valence-electron chi connectivity index (χ2n) is 4.58. The molecule has 1 aromatic carbocycles. The van der Waals surface area contributed by atoms with Gasteiger partial charge in [0.2, 0.25) is 5.88 Å². The van der Waals surface area contributed by atoms with Gasteiger partial charge in [0.25, 0.3) is 5.91 Å². The number of pyridine rings is 1. The van der Waals surface area contributed by atoms with Crippen LogP contribution in [0.2, 0.25) is 0 Å². The first-order valence-electron chi connectivity index (χ1n) is 7.02. The average molecular weight is 338 g/mol. The summed E-state index contributed by atoms with van der Waals surface area (Å²) in [6.45, 7) is -2.22. The molecule has 2 rings (SSSR count). The molecule has 24 heavy (non-hydrogen) atoms. The number of benzene rings is 1. The van der Waals surface area contributed by atoms with Gasteiger partial charge in [0.05, 0.1) is 6.61 Å². The molecule has 0 spiro atoms. The van der Waals surface area contributed by atoms with Crippen LogP contribution in [-0.2, 0) is 4.74 Å². The number of aromatic nitrogens is 1. The Kier molecular flexibility index (Phi) is 6.44. The van der Waals surface area contributed by atoms with Gasteiger partial charge in [-0.15, -0.1) is 0 Å². The first kappa shape index (κ1) is 17.6. The van der Waals surface area contributed by atoms with E-state index in [1.807, 2.05) is 0 Å². The van der Waals surface area contributed by atoms with Gasteiger partial charge in [0, 0.05) is 36.7 Å². The summed E-state index contributed by atoms with van der Waals surface area (Å²) in [4.78, 5) is 16.2. The van der Waals surface area contributed by atoms with Crippen LogP contribution in [0.4, 0.5) is 14.5 Å². The Balaban J connectivity index is 2.03. The van der Waals surface area contributed by atoms with E-state index in [1.165, 1.54) is 36.5 Å². The van der Waals surface area contributed by atoms with Crippen LogP contribution >= 0.6 is 0 Å². The molecule has 2 aromatic rings. The highest BCUT2D eigenvalue weighted by Crippen LogP contribution is 2.20. The molecule has 128 valence electrons. The Hall–Kier alpha value is -2.74. The number of alkyl halides is 2. The molecule has 0 bridgehead atoms. The van der Waals surface area contributed by atoms with Crippen LogP contribution in [0.5, 0.6) is 11.6 Å². The van der Waals surface area contributed by atoms with Crippen LogP contribution in [0.1, 0.15) is 10.4 Å². The lowest BCUT2D eigenvalue weighted by Crippen LogP contribution is -2.13. The van der Waals surface area contributed by atoms with Gasteiger partial charge in [0.1, 0.15) is 12.4 Å². The van der Waals surface area contributed by atoms with Crippen molar-refractivity contribution in [1.29, 1.82) is 0 Å². The molecule has 1 N–H and O–H groups in total. The molecule has 0 aliphatic rings. The molecule has 0 aliphatic heterocycles. The fraction of sp³-hybridized carbons (Fsp3) is 0.250. The van der Waals surface area contributed by atoms with Crippen molar-refractivity contribution in [3.8, 4) is 11.6 Å². The van der Waals surface area contributed by atoms with Crippen LogP contribution < -0.4 is 14.8 Å². The third-order valence-electron chi connectivity index (χ3n) is 2.85. The van der Waals surface area contributed by atoms with E-state index in [2.05, 4.69) is 15.0 Å². The molecule has 0 unspecified atom stereocenters. The number of methoxy groups -OCH3 is 1. The minimum atomic E-state index is -2.93. The van der Waals surface area contributed by atoms with E-state index in [-0.39, 0.29) is 11.6 Å². The lowest BCUT2D eigenvalue weighted by Gasteiger charge is -2.09. The maximum atomic E-state index is 12.2. The van der Waals surface area contributed by atoms with Crippen molar-refractivity contribution >= 4 is 11.6 Å². The van der Waals surface area contributed by atoms with Gasteiger partial charge in [-0.3, -0.25) is 4.79 Å². The van der Waals surface area contributed by atoms with E-state index < -0.39 is 12.5 Å². The van der Waals surface area contributed by atoms with Crippen molar-refractivity contribution < 1.29 is 27.8 Å². The Bertz CT molecular complexity index is 683. The number of nitrogens with zero attached hydrogens (tertiary/aromatic N) is 1. The topological polar surface area (TPSA) is 69.7 Å². The van der Waals surface area contributed by atoms with Gasteiger partial charge >= 0.3 is 6.61 Å². The number of carbonyl (C=O) groups excluding carboxylic acids is 1. The van der Waals surface area contributed by atoms with Crippen molar-refractivity contribution in [3.05, 3.63) is 48.2 Å². The second-order valence-corrected chi connectivity index (χ2v) is 4.58. The largest absolute Gasteiger partial charge is 0.475 e. The highest BCUT2D eigenvalue weighted by Gasteiger charge is 2.10. The Labute approximate surface area is 137 Å². The molecule has 0 fully saturated rings. The molecule has 1 aromatic heterocycles. The molecule has 8 heteroatoms. The SMILES string of the molecule is COCCOc1cc(C(=O)Nc2cccc(OC(F)F)c2)ccn1. The smallest absolute Gasteiger partial charge is 0.387 e. The number of amides is 1. The summed E-state index contributed by atoms with van der Waals surface area (Å²) < 4.78 is 38.9. The van der Waals surface area contributed by atoms with Crippen LogP contribution in [0, 0.1) is 0 Å². The Morgan fingerprint density at radius 3 is 2.83 bits per heavy atom. The molecule has 0 radical (unpaired) electrons. The molecular weight excluding hydrogens is 322 g/mol. The maximum Gasteiger partial charge on any atom is 0.387 e. The number of halogens is 2. The highest BCUT2D eigenvalue weighted by molar-refractivity contribution is 6.04. The molecule has 0 saturated heterocycles. The van der Waals surface area contributed by atoms with Gasteiger partial charge in [-0.25, -0.2) is 4.98 Å². The van der Waals surface area contributed by atoms with E-state index in [4.69, 9.17) is 9.47 Å². The summed E-state index contributed by atoms with van der Waals surface area (Å²) in [6.07, 6.45) is 1.44. The fourth-order valence-corrected chi connectivity index (χ4v) is 1.81. The molecule has 6 nitrogen and oxygen atoms in total. The number of hydrogen-bond donors (Lipinski definition) is 1. The van der Waals surface area contributed by atoms with E-state index in [9.17, 15) is 13.6 Å². The van der Waals surface area contributed by atoms with Gasteiger partial charge in [-0.2, -0.15) is 8.78 Å². The predicted octanol–water partition coefficient (Wildman–Crippen LogP) is 2.96. The zero-order valence-electron chi connectivity index (χ0n) is 12.9. The molecular formula is C16H16F2N2O4. The second kappa shape index (κ2) is 8.78. The number of hydrogen-bond acceptors (Lipinski definition) is 5.